The SMILES string of the molecule is CC(C)(C)Nc1ccc(N)cc1C(N)=O. The largest absolute Gasteiger partial charge is 0.399 e. The van der Waals surface area contributed by atoms with Crippen molar-refractivity contribution >= 4 is 17.3 Å². The molecule has 0 heterocycles. The van der Waals surface area contributed by atoms with Crippen LogP contribution in [0.1, 0.15) is 31.1 Å². The van der Waals surface area contributed by atoms with Crippen molar-refractivity contribution in [1.29, 1.82) is 0 Å². The second-order valence-electron chi connectivity index (χ2n) is 4.54. The number of primary amides is 1. The number of nitrogens with two attached hydrogens (primary N) is 2. The minimum Gasteiger partial charge on any atom is -0.399 e. The van der Waals surface area contributed by atoms with Crippen molar-refractivity contribution in [2.75, 3.05) is 11.1 Å². The number of carbonyl (C=O) groups is 1. The Kier molecular flexibility index (Phi) is 2.88. The second kappa shape index (κ2) is 3.81. The summed E-state index contributed by atoms with van der Waals surface area (Å²) in [6.45, 7) is 6.02. The van der Waals surface area contributed by atoms with Gasteiger partial charge < -0.3 is 16.8 Å². The number of rotatable bonds is 2. The lowest BCUT2D eigenvalue weighted by Gasteiger charge is -2.23. The highest BCUT2D eigenvalue weighted by molar-refractivity contribution is 5.99. The summed E-state index contributed by atoms with van der Waals surface area (Å²) in [5.41, 5.74) is 12.4. The Labute approximate surface area is 89.6 Å². The summed E-state index contributed by atoms with van der Waals surface area (Å²) >= 11 is 0. The van der Waals surface area contributed by atoms with E-state index in [2.05, 4.69) is 5.32 Å². The van der Waals surface area contributed by atoms with Crippen LogP contribution < -0.4 is 16.8 Å². The molecule has 15 heavy (non-hydrogen) atoms. The predicted octanol–water partition coefficient (Wildman–Crippen LogP) is 1.58. The van der Waals surface area contributed by atoms with Gasteiger partial charge in [-0.25, -0.2) is 0 Å². The highest BCUT2D eigenvalue weighted by atomic mass is 16.1. The average molecular weight is 207 g/mol. The van der Waals surface area contributed by atoms with E-state index in [1.807, 2.05) is 20.8 Å². The summed E-state index contributed by atoms with van der Waals surface area (Å²) in [6, 6.07) is 5.08. The Morgan fingerprint density at radius 2 is 1.93 bits per heavy atom. The van der Waals surface area contributed by atoms with Crippen LogP contribution in [0, 0.1) is 0 Å². The number of hydrogen-bond acceptors (Lipinski definition) is 3. The molecule has 4 nitrogen and oxygen atoms in total. The summed E-state index contributed by atoms with van der Waals surface area (Å²) in [7, 11) is 0. The van der Waals surface area contributed by atoms with E-state index in [-0.39, 0.29) is 5.54 Å². The highest BCUT2D eigenvalue weighted by Gasteiger charge is 2.14. The summed E-state index contributed by atoms with van der Waals surface area (Å²) < 4.78 is 0. The Balaban J connectivity index is 3.12. The summed E-state index contributed by atoms with van der Waals surface area (Å²) in [4.78, 5) is 11.2. The van der Waals surface area contributed by atoms with Gasteiger partial charge in [-0.15, -0.1) is 0 Å². The van der Waals surface area contributed by atoms with E-state index in [1.165, 1.54) is 0 Å². The van der Waals surface area contributed by atoms with Gasteiger partial charge in [-0.2, -0.15) is 0 Å². The molecule has 0 saturated carbocycles. The molecule has 0 bridgehead atoms. The first-order chi connectivity index (χ1) is 6.79. The van der Waals surface area contributed by atoms with Gasteiger partial charge in [0, 0.05) is 16.9 Å². The molecule has 0 radical (unpaired) electrons. The predicted molar refractivity (Wildman–Crippen MR) is 62.7 cm³/mol. The van der Waals surface area contributed by atoms with Gasteiger partial charge in [0.25, 0.3) is 5.91 Å². The fourth-order valence-corrected chi connectivity index (χ4v) is 1.28. The Bertz CT molecular complexity index is 380. The van der Waals surface area contributed by atoms with E-state index < -0.39 is 5.91 Å². The lowest BCUT2D eigenvalue weighted by molar-refractivity contribution is 0.100. The molecule has 0 aromatic heterocycles. The van der Waals surface area contributed by atoms with Crippen LogP contribution >= 0.6 is 0 Å². The van der Waals surface area contributed by atoms with Crippen molar-refractivity contribution in [1.82, 2.24) is 0 Å². The van der Waals surface area contributed by atoms with Crippen LogP contribution in [0.5, 0.6) is 0 Å². The maximum absolute atomic E-state index is 11.2. The quantitative estimate of drug-likeness (QED) is 0.644. The lowest BCUT2D eigenvalue weighted by atomic mass is 10.1. The van der Waals surface area contributed by atoms with Gasteiger partial charge >= 0.3 is 0 Å². The molecular weight excluding hydrogens is 190 g/mol. The number of hydrogen-bond donors (Lipinski definition) is 3. The van der Waals surface area contributed by atoms with E-state index in [1.54, 1.807) is 18.2 Å². The number of anilines is 2. The minimum absolute atomic E-state index is 0.125. The first-order valence-corrected chi connectivity index (χ1v) is 4.77. The fraction of sp³-hybridized carbons (Fsp3) is 0.364. The molecule has 5 N–H and O–H groups in total. The monoisotopic (exact) mass is 207 g/mol. The van der Waals surface area contributed by atoms with Gasteiger partial charge in [0.15, 0.2) is 0 Å². The molecule has 1 rings (SSSR count). The first-order valence-electron chi connectivity index (χ1n) is 4.77. The van der Waals surface area contributed by atoms with Crippen LogP contribution in [-0.2, 0) is 0 Å². The molecule has 1 aromatic carbocycles. The second-order valence-corrected chi connectivity index (χ2v) is 4.54. The van der Waals surface area contributed by atoms with Crippen molar-refractivity contribution in [2.24, 2.45) is 5.73 Å². The Hall–Kier alpha value is -1.71. The first kappa shape index (κ1) is 11.4. The molecule has 0 spiro atoms. The van der Waals surface area contributed by atoms with Crippen molar-refractivity contribution in [3.63, 3.8) is 0 Å². The van der Waals surface area contributed by atoms with Crippen molar-refractivity contribution in [3.8, 4) is 0 Å². The van der Waals surface area contributed by atoms with Gasteiger partial charge in [-0.05, 0) is 39.0 Å². The molecule has 0 fully saturated rings. The van der Waals surface area contributed by atoms with Crippen LogP contribution in [0.4, 0.5) is 11.4 Å². The van der Waals surface area contributed by atoms with Crippen LogP contribution in [0.3, 0.4) is 0 Å². The smallest absolute Gasteiger partial charge is 0.250 e. The van der Waals surface area contributed by atoms with Gasteiger partial charge in [-0.3, -0.25) is 4.79 Å². The molecule has 0 aliphatic carbocycles. The molecule has 0 aliphatic rings. The molecule has 1 amide bonds. The molecule has 82 valence electrons. The molecule has 1 aromatic rings. The maximum Gasteiger partial charge on any atom is 0.250 e. The van der Waals surface area contributed by atoms with Crippen LogP contribution in [0.15, 0.2) is 18.2 Å². The molecule has 0 atom stereocenters. The number of nitrogens with one attached hydrogen (secondary N) is 1. The Morgan fingerprint density at radius 1 is 1.33 bits per heavy atom. The number of carbonyl (C=O) groups excluding carboxylic acids is 1. The molecule has 0 unspecified atom stereocenters. The van der Waals surface area contributed by atoms with E-state index >= 15 is 0 Å². The molecular formula is C11H17N3O. The third kappa shape index (κ3) is 3.16. The normalized spacial score (nSPS) is 11.1. The molecule has 4 heteroatoms. The van der Waals surface area contributed by atoms with E-state index in [0.717, 1.165) is 0 Å². The highest BCUT2D eigenvalue weighted by Crippen LogP contribution is 2.21. The van der Waals surface area contributed by atoms with Gasteiger partial charge in [0.1, 0.15) is 0 Å². The number of amides is 1. The third-order valence-corrected chi connectivity index (χ3v) is 1.82. The third-order valence-electron chi connectivity index (χ3n) is 1.82. The van der Waals surface area contributed by atoms with Crippen molar-refractivity contribution in [2.45, 2.75) is 26.3 Å². The summed E-state index contributed by atoms with van der Waals surface area (Å²) in [6.07, 6.45) is 0. The van der Waals surface area contributed by atoms with E-state index in [0.29, 0.717) is 16.9 Å². The van der Waals surface area contributed by atoms with Gasteiger partial charge in [0.2, 0.25) is 0 Å². The van der Waals surface area contributed by atoms with Gasteiger partial charge in [-0.1, -0.05) is 0 Å². The average Bonchev–Trinajstić information content (AvgIpc) is 2.05. The van der Waals surface area contributed by atoms with Crippen molar-refractivity contribution in [3.05, 3.63) is 23.8 Å². The zero-order valence-electron chi connectivity index (χ0n) is 9.29. The number of benzene rings is 1. The lowest BCUT2D eigenvalue weighted by Crippen LogP contribution is -2.28. The number of nitrogen functional groups attached to an aromatic ring is 1. The zero-order chi connectivity index (χ0) is 11.6. The maximum atomic E-state index is 11.2. The zero-order valence-corrected chi connectivity index (χ0v) is 9.29. The fourth-order valence-electron chi connectivity index (χ4n) is 1.28. The van der Waals surface area contributed by atoms with Crippen molar-refractivity contribution < 1.29 is 4.79 Å². The summed E-state index contributed by atoms with van der Waals surface area (Å²) in [5, 5.41) is 3.20. The minimum atomic E-state index is -0.478. The molecule has 0 aliphatic heterocycles. The standard InChI is InChI=1S/C11H17N3O/c1-11(2,3)14-9-5-4-7(12)6-8(9)10(13)15/h4-6,14H,12H2,1-3H3,(H2,13,15). The Morgan fingerprint density at radius 3 is 2.40 bits per heavy atom. The molecule has 0 saturated heterocycles. The summed E-state index contributed by atoms with van der Waals surface area (Å²) in [5.74, 6) is -0.478. The van der Waals surface area contributed by atoms with E-state index in [4.69, 9.17) is 11.5 Å². The van der Waals surface area contributed by atoms with E-state index in [9.17, 15) is 4.79 Å². The van der Waals surface area contributed by atoms with Crippen LogP contribution in [-0.4, -0.2) is 11.4 Å². The van der Waals surface area contributed by atoms with Crippen LogP contribution in [0.2, 0.25) is 0 Å². The topological polar surface area (TPSA) is 81.1 Å². The van der Waals surface area contributed by atoms with Gasteiger partial charge in [0.05, 0.1) is 5.56 Å². The van der Waals surface area contributed by atoms with Crippen LogP contribution in [0.25, 0.3) is 0 Å².